The number of para-hydroxylation sites is 1. The Kier molecular flexibility index (Phi) is 7.44. The number of carboxylic acids is 1. The molecule has 1 aliphatic carbocycles. The number of hydrogen-bond donors (Lipinski definition) is 1. The van der Waals surface area contributed by atoms with Crippen LogP contribution in [0.15, 0.2) is 78.9 Å². The minimum Gasteiger partial charge on any atom is -0.496 e. The summed E-state index contributed by atoms with van der Waals surface area (Å²) in [4.78, 5) is 26.3. The average molecular weight is 581 g/mol. The van der Waals surface area contributed by atoms with Gasteiger partial charge in [0.2, 0.25) is 6.79 Å². The summed E-state index contributed by atoms with van der Waals surface area (Å²) in [7, 11) is 2.92. The van der Waals surface area contributed by atoms with E-state index in [1.165, 1.54) is 7.11 Å². The molecule has 4 aromatic carbocycles. The lowest BCUT2D eigenvalue weighted by molar-refractivity contribution is -0.144. The highest BCUT2D eigenvalue weighted by atomic mass is 16.7. The highest BCUT2D eigenvalue weighted by molar-refractivity contribution is 5.93. The first-order valence-corrected chi connectivity index (χ1v) is 14.2. The Bertz CT molecular complexity index is 1710. The number of hydrogen-bond acceptors (Lipinski definition) is 7. The molecular formula is C35H32O8. The molecule has 2 unspecified atom stereocenters. The van der Waals surface area contributed by atoms with E-state index in [1.807, 2.05) is 61.5 Å². The Labute approximate surface area is 249 Å². The van der Waals surface area contributed by atoms with Gasteiger partial charge in [0.25, 0.3) is 0 Å². The van der Waals surface area contributed by atoms with Crippen LogP contribution < -0.4 is 18.9 Å². The number of aliphatic carboxylic acids is 1. The van der Waals surface area contributed by atoms with Gasteiger partial charge in [-0.05, 0) is 71.5 Å². The molecule has 0 fully saturated rings. The molecule has 0 aromatic heterocycles. The molecule has 43 heavy (non-hydrogen) atoms. The normalized spacial score (nSPS) is 18.2. The molecule has 0 saturated carbocycles. The van der Waals surface area contributed by atoms with Crippen LogP contribution in [0.25, 0.3) is 11.1 Å². The number of rotatable bonds is 9. The maximum atomic E-state index is 13.8. The summed E-state index contributed by atoms with van der Waals surface area (Å²) in [5, 5.41) is 11.2. The Morgan fingerprint density at radius 2 is 1.74 bits per heavy atom. The molecule has 0 amide bonds. The van der Waals surface area contributed by atoms with Gasteiger partial charge in [0.1, 0.15) is 16.9 Å². The fraction of sp³-hybridized carbons (Fsp3) is 0.257. The lowest BCUT2D eigenvalue weighted by Crippen LogP contribution is -2.40. The van der Waals surface area contributed by atoms with Crippen molar-refractivity contribution in [2.75, 3.05) is 27.6 Å². The lowest BCUT2D eigenvalue weighted by Gasteiger charge is -2.33. The number of ether oxygens (including phenoxy) is 5. The monoisotopic (exact) mass is 580 g/mol. The fourth-order valence-corrected chi connectivity index (χ4v) is 6.42. The predicted octanol–water partition coefficient (Wildman–Crippen LogP) is 6.38. The van der Waals surface area contributed by atoms with Crippen LogP contribution in [0, 0.1) is 0 Å². The molecule has 0 radical (unpaired) electrons. The molecule has 0 saturated heterocycles. The van der Waals surface area contributed by atoms with Crippen molar-refractivity contribution >= 4 is 11.9 Å². The molecule has 0 spiro atoms. The summed E-state index contributed by atoms with van der Waals surface area (Å²) in [5.74, 6) is 0.264. The quantitative estimate of drug-likeness (QED) is 0.228. The standard InChI is InChI=1S/C35H32O8/c1-4-16-41-29-15-13-24-26(31(29)25-10-5-6-11-27(25)39-2)19-35(34(37)38,23-9-7-8-22(17-23)33(36)40-3)32(24)21-12-14-28-30(18-21)43-20-42-28/h5-15,17-18,32H,4,16,19-20H2,1-3H3,(H,37,38). The van der Waals surface area contributed by atoms with Crippen molar-refractivity contribution in [2.24, 2.45) is 0 Å². The third-order valence-corrected chi connectivity index (χ3v) is 8.32. The zero-order valence-corrected chi connectivity index (χ0v) is 24.2. The van der Waals surface area contributed by atoms with E-state index < -0.39 is 23.3 Å². The van der Waals surface area contributed by atoms with E-state index in [1.54, 1.807) is 31.4 Å². The summed E-state index contributed by atoms with van der Waals surface area (Å²) < 4.78 is 28.3. The fourth-order valence-electron chi connectivity index (χ4n) is 6.42. The Morgan fingerprint density at radius 3 is 2.51 bits per heavy atom. The van der Waals surface area contributed by atoms with E-state index in [2.05, 4.69) is 0 Å². The highest BCUT2D eigenvalue weighted by Gasteiger charge is 2.55. The summed E-state index contributed by atoms with van der Waals surface area (Å²) in [6.45, 7) is 2.63. The molecule has 1 N–H and O–H groups in total. The second-order valence-electron chi connectivity index (χ2n) is 10.6. The summed E-state index contributed by atoms with van der Waals surface area (Å²) in [5.41, 5.74) is 3.31. The smallest absolute Gasteiger partial charge is 0.337 e. The average Bonchev–Trinajstić information content (AvgIpc) is 3.66. The van der Waals surface area contributed by atoms with Gasteiger partial charge in [0, 0.05) is 17.0 Å². The van der Waals surface area contributed by atoms with E-state index in [0.29, 0.717) is 35.2 Å². The Hall–Kier alpha value is -4.98. The van der Waals surface area contributed by atoms with Crippen LogP contribution in [0.4, 0.5) is 0 Å². The number of carboxylic acid groups (broad SMARTS) is 1. The van der Waals surface area contributed by atoms with Crippen LogP contribution in [0.3, 0.4) is 0 Å². The summed E-state index contributed by atoms with van der Waals surface area (Å²) in [6, 6.07) is 23.8. The van der Waals surface area contributed by atoms with Crippen LogP contribution >= 0.6 is 0 Å². The maximum Gasteiger partial charge on any atom is 0.337 e. The van der Waals surface area contributed by atoms with Crippen LogP contribution in [-0.2, 0) is 21.4 Å². The number of methoxy groups -OCH3 is 2. The first kappa shape index (κ1) is 28.2. The third kappa shape index (κ3) is 4.63. The van der Waals surface area contributed by atoms with Crippen molar-refractivity contribution in [1.82, 2.24) is 0 Å². The van der Waals surface area contributed by atoms with Gasteiger partial charge in [0.05, 0.1) is 26.4 Å². The van der Waals surface area contributed by atoms with Crippen LogP contribution in [-0.4, -0.2) is 44.7 Å². The zero-order chi connectivity index (χ0) is 30.1. The van der Waals surface area contributed by atoms with Crippen molar-refractivity contribution in [3.05, 3.63) is 107 Å². The van der Waals surface area contributed by atoms with E-state index in [9.17, 15) is 14.7 Å². The minimum atomic E-state index is -1.49. The molecule has 2 aliphatic rings. The third-order valence-electron chi connectivity index (χ3n) is 8.32. The zero-order valence-electron chi connectivity index (χ0n) is 24.2. The lowest BCUT2D eigenvalue weighted by atomic mass is 9.68. The largest absolute Gasteiger partial charge is 0.496 e. The van der Waals surface area contributed by atoms with Crippen molar-refractivity contribution < 1.29 is 38.4 Å². The van der Waals surface area contributed by atoms with Gasteiger partial charge in [-0.1, -0.05) is 49.4 Å². The molecule has 0 bridgehead atoms. The Morgan fingerprint density at radius 1 is 0.930 bits per heavy atom. The molecule has 8 heteroatoms. The van der Waals surface area contributed by atoms with Gasteiger partial charge in [-0.2, -0.15) is 0 Å². The van der Waals surface area contributed by atoms with Gasteiger partial charge < -0.3 is 28.8 Å². The van der Waals surface area contributed by atoms with Crippen molar-refractivity contribution in [1.29, 1.82) is 0 Å². The van der Waals surface area contributed by atoms with Crippen molar-refractivity contribution in [3.8, 4) is 34.1 Å². The molecule has 1 heterocycles. The molecule has 220 valence electrons. The highest BCUT2D eigenvalue weighted by Crippen LogP contribution is 2.57. The second kappa shape index (κ2) is 11.4. The molecule has 2 atom stereocenters. The van der Waals surface area contributed by atoms with Crippen LogP contribution in [0.1, 0.15) is 51.9 Å². The summed E-state index contributed by atoms with van der Waals surface area (Å²) >= 11 is 0. The SMILES string of the molecule is CCCOc1ccc2c(c1-c1ccccc1OC)CC(C(=O)O)(c1cccc(C(=O)OC)c1)C2c1ccc2c(c1)OCO2. The first-order valence-electron chi connectivity index (χ1n) is 14.2. The van der Waals surface area contributed by atoms with E-state index >= 15 is 0 Å². The molecular weight excluding hydrogens is 548 g/mol. The topological polar surface area (TPSA) is 101 Å². The molecule has 1 aliphatic heterocycles. The van der Waals surface area contributed by atoms with Crippen LogP contribution in [0.2, 0.25) is 0 Å². The number of carbonyl (C=O) groups excluding carboxylic acids is 1. The number of carbonyl (C=O) groups is 2. The van der Waals surface area contributed by atoms with Crippen LogP contribution in [0.5, 0.6) is 23.0 Å². The van der Waals surface area contributed by atoms with Gasteiger partial charge in [-0.25, -0.2) is 4.79 Å². The second-order valence-corrected chi connectivity index (χ2v) is 10.6. The van der Waals surface area contributed by atoms with Gasteiger partial charge in [-0.3, -0.25) is 4.79 Å². The summed E-state index contributed by atoms with van der Waals surface area (Å²) in [6.07, 6.45) is 0.944. The van der Waals surface area contributed by atoms with Crippen molar-refractivity contribution in [3.63, 3.8) is 0 Å². The minimum absolute atomic E-state index is 0.0986. The van der Waals surface area contributed by atoms with Gasteiger partial charge in [0.15, 0.2) is 11.5 Å². The van der Waals surface area contributed by atoms with Crippen molar-refractivity contribution in [2.45, 2.75) is 31.1 Å². The van der Waals surface area contributed by atoms with E-state index in [4.69, 9.17) is 23.7 Å². The molecule has 6 rings (SSSR count). The number of fused-ring (bicyclic) bond motifs is 2. The number of esters is 1. The predicted molar refractivity (Wildman–Crippen MR) is 159 cm³/mol. The van der Waals surface area contributed by atoms with Gasteiger partial charge >= 0.3 is 11.9 Å². The molecule has 4 aromatic rings. The van der Waals surface area contributed by atoms with Gasteiger partial charge in [-0.15, -0.1) is 0 Å². The Balaban J connectivity index is 1.66. The molecule has 8 nitrogen and oxygen atoms in total. The number of benzene rings is 4. The maximum absolute atomic E-state index is 13.8. The van der Waals surface area contributed by atoms with E-state index in [0.717, 1.165) is 34.2 Å². The van der Waals surface area contributed by atoms with E-state index in [-0.39, 0.29) is 18.8 Å². The first-order chi connectivity index (χ1) is 20.9.